The molecule has 0 unspecified atom stereocenters. The minimum Gasteiger partial charge on any atom is -0.268 e. The fourth-order valence-corrected chi connectivity index (χ4v) is 5.01. The van der Waals surface area contributed by atoms with Gasteiger partial charge >= 0.3 is 0 Å². The molecule has 0 spiro atoms. The summed E-state index contributed by atoms with van der Waals surface area (Å²) >= 11 is 8.01. The van der Waals surface area contributed by atoms with Crippen molar-refractivity contribution < 1.29 is 14.5 Å². The Labute approximate surface area is 203 Å². The highest BCUT2D eigenvalue weighted by Crippen LogP contribution is 2.38. The monoisotopic (exact) mass is 496 g/mol. The first kappa shape index (κ1) is 23.1. The number of nitrogens with zero attached hydrogens (tertiary/aromatic N) is 2. The maximum atomic E-state index is 12.8. The van der Waals surface area contributed by atoms with Gasteiger partial charge in [-0.25, -0.2) is 0 Å². The maximum Gasteiger partial charge on any atom is 0.293 e. The third-order valence-corrected chi connectivity index (χ3v) is 7.09. The van der Waals surface area contributed by atoms with Crippen molar-refractivity contribution in [1.29, 1.82) is 0 Å². The molecule has 6 nitrogen and oxygen atoms in total. The summed E-state index contributed by atoms with van der Waals surface area (Å²) in [5.41, 5.74) is 2.30. The number of halogens is 1. The zero-order valence-corrected chi connectivity index (χ0v) is 19.7. The van der Waals surface area contributed by atoms with Gasteiger partial charge < -0.3 is 0 Å². The lowest BCUT2D eigenvalue weighted by atomic mass is 10.1. The highest BCUT2D eigenvalue weighted by molar-refractivity contribution is 8.18. The fraction of sp³-hybridized carbons (Fsp3) is 0.0833. The van der Waals surface area contributed by atoms with Crippen LogP contribution in [0.2, 0.25) is 5.02 Å². The summed E-state index contributed by atoms with van der Waals surface area (Å²) in [6.45, 7) is 2.11. The maximum absolute atomic E-state index is 12.8. The summed E-state index contributed by atoms with van der Waals surface area (Å²) in [5.74, 6) is -0.430. The second kappa shape index (κ2) is 9.82. The molecule has 3 aromatic rings. The lowest BCUT2D eigenvalue weighted by Crippen LogP contribution is -2.27. The molecule has 33 heavy (non-hydrogen) atoms. The van der Waals surface area contributed by atoms with Gasteiger partial charge in [-0.3, -0.25) is 24.6 Å². The van der Waals surface area contributed by atoms with Crippen LogP contribution in [0, 0.1) is 17.0 Å². The molecule has 166 valence electrons. The average Bonchev–Trinajstić information content (AvgIpc) is 3.05. The third kappa shape index (κ3) is 5.47. The minimum absolute atomic E-state index is 0.0604. The van der Waals surface area contributed by atoms with E-state index >= 15 is 0 Å². The van der Waals surface area contributed by atoms with Gasteiger partial charge in [0, 0.05) is 16.0 Å². The van der Waals surface area contributed by atoms with Crippen LogP contribution in [0.3, 0.4) is 0 Å². The number of thioether (sulfide) groups is 1. The molecule has 0 atom stereocenters. The molecule has 9 heteroatoms. The summed E-state index contributed by atoms with van der Waals surface area (Å²) in [5, 5.41) is 11.9. The van der Waals surface area contributed by atoms with Crippen LogP contribution in [0.5, 0.6) is 0 Å². The Bertz CT molecular complexity index is 1270. The molecule has 0 N–H and O–H groups in total. The molecular weight excluding hydrogens is 480 g/mol. The van der Waals surface area contributed by atoms with E-state index in [1.807, 2.05) is 31.2 Å². The Hall–Kier alpha value is -3.07. The van der Waals surface area contributed by atoms with Crippen molar-refractivity contribution in [3.63, 3.8) is 0 Å². The fourth-order valence-electron chi connectivity index (χ4n) is 3.15. The highest BCUT2D eigenvalue weighted by Gasteiger charge is 2.35. The predicted molar refractivity (Wildman–Crippen MR) is 131 cm³/mol. The first-order chi connectivity index (χ1) is 15.8. The number of hydrogen-bond donors (Lipinski definition) is 0. The topological polar surface area (TPSA) is 80.5 Å². The van der Waals surface area contributed by atoms with Crippen LogP contribution in [0.1, 0.15) is 16.7 Å². The van der Waals surface area contributed by atoms with Gasteiger partial charge in [-0.05, 0) is 66.2 Å². The number of carbonyl (C=O) groups excluding carboxylic acids is 2. The van der Waals surface area contributed by atoms with Crippen molar-refractivity contribution in [3.05, 3.63) is 103 Å². The molecule has 1 aliphatic rings. The van der Waals surface area contributed by atoms with E-state index in [1.165, 1.54) is 23.9 Å². The second-order valence-corrected chi connectivity index (χ2v) is 9.84. The Morgan fingerprint density at radius 1 is 1.06 bits per heavy atom. The Kier molecular flexibility index (Phi) is 6.88. The molecule has 4 rings (SSSR count). The molecule has 3 aromatic carbocycles. The van der Waals surface area contributed by atoms with E-state index in [-0.39, 0.29) is 22.4 Å². The van der Waals surface area contributed by atoms with Gasteiger partial charge in [0.15, 0.2) is 0 Å². The Balaban J connectivity index is 1.56. The smallest absolute Gasteiger partial charge is 0.268 e. The van der Waals surface area contributed by atoms with Gasteiger partial charge in [-0.15, -0.1) is 0 Å². The van der Waals surface area contributed by atoms with Crippen molar-refractivity contribution in [2.75, 3.05) is 0 Å². The lowest BCUT2D eigenvalue weighted by molar-refractivity contribution is -0.387. The lowest BCUT2D eigenvalue weighted by Gasteiger charge is -2.12. The first-order valence-electron chi connectivity index (χ1n) is 9.83. The van der Waals surface area contributed by atoms with Gasteiger partial charge in [0.1, 0.15) is 0 Å². The van der Waals surface area contributed by atoms with E-state index in [9.17, 15) is 19.7 Å². The van der Waals surface area contributed by atoms with E-state index in [1.54, 1.807) is 36.4 Å². The number of nitro benzene ring substituents is 1. The molecule has 1 aliphatic heterocycles. The number of carbonyl (C=O) groups is 2. The van der Waals surface area contributed by atoms with Crippen LogP contribution in [0.4, 0.5) is 10.5 Å². The van der Waals surface area contributed by atoms with E-state index in [0.29, 0.717) is 15.5 Å². The van der Waals surface area contributed by atoms with Crippen molar-refractivity contribution in [1.82, 2.24) is 4.90 Å². The van der Waals surface area contributed by atoms with Crippen LogP contribution < -0.4 is 0 Å². The normalized spacial score (nSPS) is 14.8. The molecule has 1 saturated heterocycles. The van der Waals surface area contributed by atoms with Crippen molar-refractivity contribution >= 4 is 58.0 Å². The van der Waals surface area contributed by atoms with Gasteiger partial charge in [0.2, 0.25) is 0 Å². The Morgan fingerprint density at radius 3 is 2.42 bits per heavy atom. The van der Waals surface area contributed by atoms with E-state index in [0.717, 1.165) is 32.7 Å². The number of amides is 2. The Morgan fingerprint density at radius 2 is 1.76 bits per heavy atom. The summed E-state index contributed by atoms with van der Waals surface area (Å²) in [6, 6.07) is 19.4. The summed E-state index contributed by atoms with van der Waals surface area (Å²) in [6.07, 6.45) is 1.51. The molecule has 0 bridgehead atoms. The minimum atomic E-state index is -0.444. The van der Waals surface area contributed by atoms with E-state index in [2.05, 4.69) is 0 Å². The molecule has 2 amide bonds. The van der Waals surface area contributed by atoms with Gasteiger partial charge in [0.05, 0.1) is 21.3 Å². The molecule has 1 heterocycles. The van der Waals surface area contributed by atoms with Crippen LogP contribution >= 0.6 is 35.1 Å². The molecule has 0 radical (unpaired) electrons. The average molecular weight is 497 g/mol. The molecule has 0 aromatic heterocycles. The molecule has 0 saturated carbocycles. The number of aryl methyl sites for hydroxylation is 1. The van der Waals surface area contributed by atoms with E-state index in [4.69, 9.17) is 11.6 Å². The number of rotatable bonds is 6. The van der Waals surface area contributed by atoms with Crippen LogP contribution in [-0.2, 0) is 11.3 Å². The number of benzene rings is 3. The number of hydrogen-bond acceptors (Lipinski definition) is 6. The largest absolute Gasteiger partial charge is 0.293 e. The SMILES string of the molecule is Cc1ccc(Sc2ccc(C=C3SC(=O)N(Cc4ccc(Cl)cc4)C3=O)cc2[N+](=O)[O-])cc1. The molecular formula is C24H17ClN2O4S2. The first-order valence-corrected chi connectivity index (χ1v) is 11.8. The van der Waals surface area contributed by atoms with Gasteiger partial charge in [-0.2, -0.15) is 0 Å². The predicted octanol–water partition coefficient (Wildman–Crippen LogP) is 6.94. The molecule has 1 fully saturated rings. The number of imide groups is 1. The third-order valence-electron chi connectivity index (χ3n) is 4.85. The van der Waals surface area contributed by atoms with Gasteiger partial charge in [0.25, 0.3) is 16.8 Å². The molecule has 0 aliphatic carbocycles. The zero-order valence-electron chi connectivity index (χ0n) is 17.4. The zero-order chi connectivity index (χ0) is 23.5. The summed E-state index contributed by atoms with van der Waals surface area (Å²) in [4.78, 5) is 39.2. The standard InChI is InChI=1S/C24H17ClN2O4S2/c1-15-2-9-19(10-3-15)32-21-11-6-17(12-20(21)27(30)31)13-22-23(28)26(24(29)33-22)14-16-4-7-18(25)8-5-16/h2-13H,14H2,1H3. The second-order valence-electron chi connectivity index (χ2n) is 7.29. The summed E-state index contributed by atoms with van der Waals surface area (Å²) < 4.78 is 0. The van der Waals surface area contributed by atoms with Gasteiger partial charge in [-0.1, -0.05) is 59.3 Å². The van der Waals surface area contributed by atoms with E-state index < -0.39 is 10.8 Å². The van der Waals surface area contributed by atoms with Crippen LogP contribution in [0.25, 0.3) is 6.08 Å². The van der Waals surface area contributed by atoms with Crippen LogP contribution in [-0.4, -0.2) is 21.0 Å². The van der Waals surface area contributed by atoms with Crippen LogP contribution in [0.15, 0.2) is 81.4 Å². The number of nitro groups is 1. The quantitative estimate of drug-likeness (QED) is 0.209. The highest BCUT2D eigenvalue weighted by atomic mass is 35.5. The van der Waals surface area contributed by atoms with Crippen molar-refractivity contribution in [2.24, 2.45) is 0 Å². The van der Waals surface area contributed by atoms with Crippen molar-refractivity contribution in [2.45, 2.75) is 23.3 Å². The summed E-state index contributed by atoms with van der Waals surface area (Å²) in [7, 11) is 0. The van der Waals surface area contributed by atoms with Crippen molar-refractivity contribution in [3.8, 4) is 0 Å².